The molecular weight excluding hydrogens is 316 g/mol. The number of carbonyl (C=O) groups excluding carboxylic acids is 1. The van der Waals surface area contributed by atoms with E-state index in [1.54, 1.807) is 6.20 Å². The lowest BCUT2D eigenvalue weighted by molar-refractivity contribution is -0.117. The van der Waals surface area contributed by atoms with E-state index in [1.165, 1.54) is 18.4 Å². The molecule has 1 atom stereocenters. The van der Waals surface area contributed by atoms with Crippen LogP contribution in [0.2, 0.25) is 0 Å². The minimum Gasteiger partial charge on any atom is -0.310 e. The number of nitrogens with zero attached hydrogens (tertiary/aromatic N) is 5. The van der Waals surface area contributed by atoms with Gasteiger partial charge in [0.05, 0.1) is 24.5 Å². The van der Waals surface area contributed by atoms with Crippen molar-refractivity contribution in [2.45, 2.75) is 45.7 Å². The number of anilines is 1. The molecule has 1 fully saturated rings. The number of rotatable bonds is 5. The van der Waals surface area contributed by atoms with Gasteiger partial charge in [-0.1, -0.05) is 0 Å². The molecule has 2 aromatic rings. The number of hydrogen-bond acceptors (Lipinski definition) is 5. The summed E-state index contributed by atoms with van der Waals surface area (Å²) in [7, 11) is 0. The van der Waals surface area contributed by atoms with Gasteiger partial charge in [-0.25, -0.2) is 14.6 Å². The monoisotopic (exact) mass is 340 g/mol. The normalized spacial score (nSPS) is 18.6. The molecule has 0 bridgehead atoms. The van der Waals surface area contributed by atoms with Gasteiger partial charge in [-0.2, -0.15) is 5.10 Å². The molecule has 7 nitrogen and oxygen atoms in total. The topological polar surface area (TPSA) is 75.9 Å². The standard InChI is InChI=1S/C18H24N6O/c1-12(14-3-4-14)24-17(5-7-20-24)22-18(25)11-23-8-6-15-9-19-13(2)21-16(15)10-23/h5,7,9,12,14H,3-4,6,8,10-11H2,1-2H3,(H,22,25)/t12-/m0/s1. The van der Waals surface area contributed by atoms with Gasteiger partial charge in [0.25, 0.3) is 0 Å². The van der Waals surface area contributed by atoms with Crippen LogP contribution < -0.4 is 5.32 Å². The van der Waals surface area contributed by atoms with Gasteiger partial charge in [0.2, 0.25) is 5.91 Å². The SMILES string of the molecule is Cc1ncc2c(n1)CN(CC(=O)Nc1ccnn1[C@@H](C)C1CC1)CC2. The highest BCUT2D eigenvalue weighted by molar-refractivity contribution is 5.91. The van der Waals surface area contributed by atoms with E-state index < -0.39 is 0 Å². The summed E-state index contributed by atoms with van der Waals surface area (Å²) in [6.07, 6.45) is 7.06. The molecule has 0 saturated heterocycles. The molecule has 132 valence electrons. The van der Waals surface area contributed by atoms with E-state index in [1.807, 2.05) is 23.9 Å². The molecule has 1 aliphatic heterocycles. The molecule has 4 rings (SSSR count). The van der Waals surface area contributed by atoms with Crippen molar-refractivity contribution in [3.8, 4) is 0 Å². The Morgan fingerprint density at radius 2 is 2.28 bits per heavy atom. The Morgan fingerprint density at radius 1 is 1.44 bits per heavy atom. The quantitative estimate of drug-likeness (QED) is 0.900. The summed E-state index contributed by atoms with van der Waals surface area (Å²) >= 11 is 0. The average Bonchev–Trinajstić information content (AvgIpc) is 3.34. The van der Waals surface area contributed by atoms with Crippen LogP contribution >= 0.6 is 0 Å². The number of amides is 1. The third-order valence-corrected chi connectivity index (χ3v) is 5.14. The molecule has 7 heteroatoms. The number of aromatic nitrogens is 4. The fourth-order valence-electron chi connectivity index (χ4n) is 3.49. The van der Waals surface area contributed by atoms with E-state index in [4.69, 9.17) is 0 Å². The fourth-order valence-corrected chi connectivity index (χ4v) is 3.49. The predicted octanol–water partition coefficient (Wildman–Crippen LogP) is 1.95. The lowest BCUT2D eigenvalue weighted by Crippen LogP contribution is -2.38. The fraction of sp³-hybridized carbons (Fsp3) is 0.556. The van der Waals surface area contributed by atoms with Crippen molar-refractivity contribution in [3.63, 3.8) is 0 Å². The Hall–Kier alpha value is -2.28. The minimum absolute atomic E-state index is 0.000949. The van der Waals surface area contributed by atoms with Gasteiger partial charge in [-0.05, 0) is 44.6 Å². The maximum Gasteiger partial charge on any atom is 0.239 e. The van der Waals surface area contributed by atoms with Crippen molar-refractivity contribution in [2.75, 3.05) is 18.4 Å². The molecule has 0 spiro atoms. The Balaban J connectivity index is 1.38. The van der Waals surface area contributed by atoms with E-state index in [0.717, 1.165) is 30.3 Å². The van der Waals surface area contributed by atoms with E-state index in [0.29, 0.717) is 25.0 Å². The van der Waals surface area contributed by atoms with Gasteiger partial charge in [-0.15, -0.1) is 0 Å². The smallest absolute Gasteiger partial charge is 0.239 e. The van der Waals surface area contributed by atoms with Crippen molar-refractivity contribution < 1.29 is 4.79 Å². The van der Waals surface area contributed by atoms with Crippen LogP contribution in [0.3, 0.4) is 0 Å². The second-order valence-corrected chi connectivity index (χ2v) is 7.14. The van der Waals surface area contributed by atoms with Gasteiger partial charge in [-0.3, -0.25) is 9.69 Å². The zero-order chi connectivity index (χ0) is 17.4. The minimum atomic E-state index is -0.000949. The lowest BCUT2D eigenvalue weighted by atomic mass is 10.1. The van der Waals surface area contributed by atoms with Crippen LogP contribution in [0.25, 0.3) is 0 Å². The first kappa shape index (κ1) is 16.2. The summed E-state index contributed by atoms with van der Waals surface area (Å²) in [5, 5.41) is 7.41. The van der Waals surface area contributed by atoms with E-state index in [-0.39, 0.29) is 5.91 Å². The first-order chi connectivity index (χ1) is 12.1. The van der Waals surface area contributed by atoms with Gasteiger partial charge >= 0.3 is 0 Å². The van der Waals surface area contributed by atoms with Crippen LogP contribution in [0, 0.1) is 12.8 Å². The van der Waals surface area contributed by atoms with E-state index in [9.17, 15) is 4.79 Å². The summed E-state index contributed by atoms with van der Waals surface area (Å²) in [6.45, 7) is 5.98. The van der Waals surface area contributed by atoms with Crippen molar-refractivity contribution in [3.05, 3.63) is 35.5 Å². The zero-order valence-electron chi connectivity index (χ0n) is 14.8. The Labute approximate surface area is 147 Å². The Bertz CT molecular complexity index is 782. The van der Waals surface area contributed by atoms with Crippen LogP contribution in [-0.4, -0.2) is 43.6 Å². The van der Waals surface area contributed by atoms with Crippen molar-refractivity contribution in [1.29, 1.82) is 0 Å². The summed E-state index contributed by atoms with van der Waals surface area (Å²) < 4.78 is 1.94. The maximum atomic E-state index is 12.5. The van der Waals surface area contributed by atoms with Gasteiger partial charge < -0.3 is 5.32 Å². The van der Waals surface area contributed by atoms with Crippen LogP contribution in [-0.2, 0) is 17.8 Å². The summed E-state index contributed by atoms with van der Waals surface area (Å²) in [4.78, 5) is 23.4. The molecule has 3 heterocycles. The third-order valence-electron chi connectivity index (χ3n) is 5.14. The van der Waals surface area contributed by atoms with E-state index >= 15 is 0 Å². The summed E-state index contributed by atoms with van der Waals surface area (Å²) in [6, 6.07) is 2.21. The first-order valence-corrected chi connectivity index (χ1v) is 8.97. The third kappa shape index (κ3) is 3.56. The second kappa shape index (κ2) is 6.55. The molecule has 0 aromatic carbocycles. The Morgan fingerprint density at radius 3 is 3.08 bits per heavy atom. The van der Waals surface area contributed by atoms with Gasteiger partial charge in [0.1, 0.15) is 11.6 Å². The van der Waals surface area contributed by atoms with Crippen LogP contribution in [0.5, 0.6) is 0 Å². The highest BCUT2D eigenvalue weighted by atomic mass is 16.2. The highest BCUT2D eigenvalue weighted by Crippen LogP contribution is 2.40. The lowest BCUT2D eigenvalue weighted by Gasteiger charge is -2.27. The number of carbonyl (C=O) groups is 1. The van der Waals surface area contributed by atoms with Crippen molar-refractivity contribution in [2.24, 2.45) is 5.92 Å². The largest absolute Gasteiger partial charge is 0.310 e. The van der Waals surface area contributed by atoms with E-state index in [2.05, 4.69) is 32.2 Å². The molecule has 1 amide bonds. The number of aryl methyl sites for hydroxylation is 1. The average molecular weight is 340 g/mol. The molecule has 2 aromatic heterocycles. The predicted molar refractivity (Wildman–Crippen MR) is 94.0 cm³/mol. The maximum absolute atomic E-state index is 12.5. The number of hydrogen-bond donors (Lipinski definition) is 1. The van der Waals surface area contributed by atoms with Crippen LogP contribution in [0.4, 0.5) is 5.82 Å². The zero-order valence-corrected chi connectivity index (χ0v) is 14.8. The Kier molecular flexibility index (Phi) is 4.25. The number of fused-ring (bicyclic) bond motifs is 1. The molecule has 0 radical (unpaired) electrons. The molecule has 1 aliphatic carbocycles. The molecule has 0 unspecified atom stereocenters. The molecular formula is C18H24N6O. The first-order valence-electron chi connectivity index (χ1n) is 8.97. The molecule has 2 aliphatic rings. The highest BCUT2D eigenvalue weighted by Gasteiger charge is 2.31. The van der Waals surface area contributed by atoms with Crippen molar-refractivity contribution >= 4 is 11.7 Å². The summed E-state index contributed by atoms with van der Waals surface area (Å²) in [5.41, 5.74) is 2.23. The van der Waals surface area contributed by atoms with Crippen LogP contribution in [0.15, 0.2) is 18.5 Å². The number of nitrogens with one attached hydrogen (secondary N) is 1. The molecule has 1 N–H and O–H groups in total. The van der Waals surface area contributed by atoms with Gasteiger partial charge in [0, 0.05) is 25.4 Å². The summed E-state index contributed by atoms with van der Waals surface area (Å²) in [5.74, 6) is 2.26. The molecule has 25 heavy (non-hydrogen) atoms. The second-order valence-electron chi connectivity index (χ2n) is 7.14. The van der Waals surface area contributed by atoms with Gasteiger partial charge in [0.15, 0.2) is 0 Å². The van der Waals surface area contributed by atoms with Crippen LogP contribution in [0.1, 0.15) is 42.9 Å². The van der Waals surface area contributed by atoms with Crippen molar-refractivity contribution in [1.82, 2.24) is 24.6 Å². The molecule has 1 saturated carbocycles.